The van der Waals surface area contributed by atoms with Gasteiger partial charge in [0, 0.05) is 18.0 Å². The average Bonchev–Trinajstić information content (AvgIpc) is 2.77. The highest BCUT2D eigenvalue weighted by Gasteiger charge is 2.30. The molecule has 0 radical (unpaired) electrons. The molecule has 2 atom stereocenters. The van der Waals surface area contributed by atoms with Gasteiger partial charge in [0.15, 0.2) is 0 Å². The van der Waals surface area contributed by atoms with Crippen LogP contribution in [0.3, 0.4) is 0 Å². The molecule has 1 saturated carbocycles. The summed E-state index contributed by atoms with van der Waals surface area (Å²) in [6, 6.07) is 4.46. The summed E-state index contributed by atoms with van der Waals surface area (Å²) in [6.45, 7) is 0. The predicted octanol–water partition coefficient (Wildman–Crippen LogP) is 0.559. The summed E-state index contributed by atoms with van der Waals surface area (Å²) >= 11 is 4.99. The van der Waals surface area contributed by atoms with Crippen molar-refractivity contribution in [2.24, 2.45) is 11.7 Å². The minimum Gasteiger partial charge on any atom is -0.393 e. The molecule has 1 fully saturated rings. The topological polar surface area (TPSA) is 88.0 Å². The zero-order valence-corrected chi connectivity index (χ0v) is 10.6. The van der Waals surface area contributed by atoms with Gasteiger partial charge < -0.3 is 16.0 Å². The highest BCUT2D eigenvalue weighted by molar-refractivity contribution is 7.80. The van der Waals surface area contributed by atoms with Crippen LogP contribution in [0.5, 0.6) is 0 Å². The number of hydrogen-bond donors (Lipinski definition) is 3. The number of aromatic amines is 1. The number of H-pyrrole nitrogens is 1. The van der Waals surface area contributed by atoms with Crippen LogP contribution in [0, 0.1) is 5.92 Å². The number of nitrogens with two attached hydrogens (primary N) is 1. The Balaban J connectivity index is 2.07. The van der Waals surface area contributed by atoms with Crippen molar-refractivity contribution in [2.75, 3.05) is 0 Å². The SMILES string of the molecule is NC(=S)C1CCCC1NC(=O)c1cccc(=O)[nH]1. The summed E-state index contributed by atoms with van der Waals surface area (Å²) in [5, 5.41) is 2.88. The Bertz CT molecular complexity index is 526. The van der Waals surface area contributed by atoms with Crippen molar-refractivity contribution in [1.29, 1.82) is 0 Å². The van der Waals surface area contributed by atoms with E-state index in [2.05, 4.69) is 10.3 Å². The second kappa shape index (κ2) is 5.30. The Hall–Kier alpha value is -1.69. The van der Waals surface area contributed by atoms with Crippen LogP contribution < -0.4 is 16.6 Å². The van der Waals surface area contributed by atoms with E-state index in [1.807, 2.05) is 0 Å². The Morgan fingerprint density at radius 3 is 2.89 bits per heavy atom. The van der Waals surface area contributed by atoms with Crippen LogP contribution in [-0.4, -0.2) is 21.9 Å². The molecule has 1 aliphatic carbocycles. The number of thiocarbonyl (C=S) groups is 1. The van der Waals surface area contributed by atoms with Gasteiger partial charge in [-0.3, -0.25) is 9.59 Å². The third-order valence-electron chi connectivity index (χ3n) is 3.21. The fourth-order valence-electron chi connectivity index (χ4n) is 2.30. The third kappa shape index (κ3) is 2.76. The van der Waals surface area contributed by atoms with Gasteiger partial charge in [-0.1, -0.05) is 24.7 Å². The molecule has 0 spiro atoms. The lowest BCUT2D eigenvalue weighted by Gasteiger charge is -2.19. The van der Waals surface area contributed by atoms with Crippen molar-refractivity contribution < 1.29 is 4.79 Å². The molecular formula is C12H15N3O2S. The van der Waals surface area contributed by atoms with Crippen molar-refractivity contribution in [3.63, 3.8) is 0 Å². The number of hydrogen-bond acceptors (Lipinski definition) is 3. The maximum absolute atomic E-state index is 12.0. The number of carbonyl (C=O) groups excluding carboxylic acids is 1. The molecule has 96 valence electrons. The minimum absolute atomic E-state index is 0.0290. The highest BCUT2D eigenvalue weighted by atomic mass is 32.1. The first-order valence-electron chi connectivity index (χ1n) is 5.87. The van der Waals surface area contributed by atoms with Crippen molar-refractivity contribution in [1.82, 2.24) is 10.3 Å². The Morgan fingerprint density at radius 1 is 1.44 bits per heavy atom. The van der Waals surface area contributed by atoms with E-state index in [0.29, 0.717) is 4.99 Å². The summed E-state index contributed by atoms with van der Waals surface area (Å²) in [7, 11) is 0. The molecule has 6 heteroatoms. The summed E-state index contributed by atoms with van der Waals surface area (Å²) in [4.78, 5) is 26.0. The molecule has 1 amide bonds. The first-order valence-corrected chi connectivity index (χ1v) is 6.28. The normalized spacial score (nSPS) is 22.7. The Labute approximate surface area is 110 Å². The van der Waals surface area contributed by atoms with Crippen molar-refractivity contribution >= 4 is 23.1 Å². The maximum Gasteiger partial charge on any atom is 0.268 e. The molecule has 0 aromatic carbocycles. The minimum atomic E-state index is -0.292. The van der Waals surface area contributed by atoms with E-state index in [9.17, 15) is 9.59 Å². The van der Waals surface area contributed by atoms with Crippen LogP contribution >= 0.6 is 12.2 Å². The second-order valence-electron chi connectivity index (χ2n) is 4.45. The molecule has 2 unspecified atom stereocenters. The van der Waals surface area contributed by atoms with Gasteiger partial charge in [0.05, 0.1) is 4.99 Å². The van der Waals surface area contributed by atoms with E-state index in [-0.39, 0.29) is 29.1 Å². The van der Waals surface area contributed by atoms with Gasteiger partial charge in [-0.05, 0) is 18.9 Å². The zero-order valence-electron chi connectivity index (χ0n) is 9.81. The smallest absolute Gasteiger partial charge is 0.268 e. The molecule has 18 heavy (non-hydrogen) atoms. The van der Waals surface area contributed by atoms with Crippen LogP contribution in [0.15, 0.2) is 23.0 Å². The van der Waals surface area contributed by atoms with Gasteiger partial charge in [-0.2, -0.15) is 0 Å². The molecule has 0 saturated heterocycles. The first-order chi connectivity index (χ1) is 8.58. The van der Waals surface area contributed by atoms with Crippen LogP contribution in [0.1, 0.15) is 29.8 Å². The Morgan fingerprint density at radius 2 is 2.22 bits per heavy atom. The standard InChI is InChI=1S/C12H15N3O2S/c13-11(18)7-3-1-4-8(7)15-12(17)9-5-2-6-10(16)14-9/h2,5-8H,1,3-4H2,(H2,13,18)(H,14,16)(H,15,17). The van der Waals surface area contributed by atoms with Crippen LogP contribution in [0.25, 0.3) is 0 Å². The van der Waals surface area contributed by atoms with Crippen LogP contribution in [0.4, 0.5) is 0 Å². The first kappa shape index (κ1) is 12.8. The van der Waals surface area contributed by atoms with Crippen LogP contribution in [-0.2, 0) is 0 Å². The Kier molecular flexibility index (Phi) is 3.76. The lowest BCUT2D eigenvalue weighted by molar-refractivity contribution is 0.0928. The van der Waals surface area contributed by atoms with Gasteiger partial charge in [0.1, 0.15) is 5.69 Å². The predicted molar refractivity (Wildman–Crippen MR) is 72.4 cm³/mol. The molecular weight excluding hydrogens is 250 g/mol. The summed E-state index contributed by atoms with van der Waals surface area (Å²) in [6.07, 6.45) is 2.77. The number of carbonyl (C=O) groups is 1. The van der Waals surface area contributed by atoms with Crippen molar-refractivity contribution in [2.45, 2.75) is 25.3 Å². The van der Waals surface area contributed by atoms with Crippen molar-refractivity contribution in [3.8, 4) is 0 Å². The largest absolute Gasteiger partial charge is 0.393 e. The van der Waals surface area contributed by atoms with Gasteiger partial charge >= 0.3 is 0 Å². The number of aromatic nitrogens is 1. The van der Waals surface area contributed by atoms with Gasteiger partial charge in [0.25, 0.3) is 5.91 Å². The molecule has 0 bridgehead atoms. The molecule has 2 rings (SSSR count). The average molecular weight is 265 g/mol. The number of rotatable bonds is 3. The highest BCUT2D eigenvalue weighted by Crippen LogP contribution is 2.26. The maximum atomic E-state index is 12.0. The van der Waals surface area contributed by atoms with E-state index in [0.717, 1.165) is 19.3 Å². The van der Waals surface area contributed by atoms with E-state index in [1.165, 1.54) is 6.07 Å². The van der Waals surface area contributed by atoms with Gasteiger partial charge in [-0.25, -0.2) is 0 Å². The lowest BCUT2D eigenvalue weighted by Crippen LogP contribution is -2.42. The van der Waals surface area contributed by atoms with E-state index in [1.54, 1.807) is 12.1 Å². The third-order valence-corrected chi connectivity index (χ3v) is 3.51. The van der Waals surface area contributed by atoms with E-state index < -0.39 is 0 Å². The second-order valence-corrected chi connectivity index (χ2v) is 4.92. The summed E-state index contributed by atoms with van der Waals surface area (Å²) in [5.41, 5.74) is 5.62. The quantitative estimate of drug-likeness (QED) is 0.697. The number of amides is 1. The molecule has 1 aliphatic rings. The van der Waals surface area contributed by atoms with E-state index in [4.69, 9.17) is 18.0 Å². The molecule has 4 N–H and O–H groups in total. The van der Waals surface area contributed by atoms with Gasteiger partial charge in [0.2, 0.25) is 5.56 Å². The zero-order chi connectivity index (χ0) is 13.1. The molecule has 0 aliphatic heterocycles. The fraction of sp³-hybridized carbons (Fsp3) is 0.417. The fourth-order valence-corrected chi connectivity index (χ4v) is 2.58. The summed E-state index contributed by atoms with van der Waals surface area (Å²) < 4.78 is 0. The number of pyridine rings is 1. The molecule has 1 heterocycles. The molecule has 5 nitrogen and oxygen atoms in total. The monoisotopic (exact) mass is 265 g/mol. The van der Waals surface area contributed by atoms with Crippen molar-refractivity contribution in [3.05, 3.63) is 34.2 Å². The summed E-state index contributed by atoms with van der Waals surface area (Å²) in [5.74, 6) is -0.236. The van der Waals surface area contributed by atoms with Crippen LogP contribution in [0.2, 0.25) is 0 Å². The van der Waals surface area contributed by atoms with E-state index >= 15 is 0 Å². The lowest BCUT2D eigenvalue weighted by atomic mass is 10.0. The molecule has 1 aromatic rings. The van der Waals surface area contributed by atoms with Gasteiger partial charge in [-0.15, -0.1) is 0 Å². The molecule has 1 aromatic heterocycles. The number of nitrogens with one attached hydrogen (secondary N) is 2.